The van der Waals surface area contributed by atoms with E-state index < -0.39 is 0 Å². The minimum atomic E-state index is 0.0990. The van der Waals surface area contributed by atoms with E-state index in [1.165, 1.54) is 30.9 Å². The van der Waals surface area contributed by atoms with Crippen molar-refractivity contribution in [3.8, 4) is 61.3 Å². The highest BCUT2D eigenvalue weighted by atomic mass is 32.1. The van der Waals surface area contributed by atoms with E-state index in [1.54, 1.807) is 0 Å². The molecule has 0 aliphatic carbocycles. The van der Waals surface area contributed by atoms with Gasteiger partial charge >= 0.3 is 0 Å². The summed E-state index contributed by atoms with van der Waals surface area (Å²) < 4.78 is 5.00. The van der Waals surface area contributed by atoms with Crippen LogP contribution in [0.5, 0.6) is 0 Å². The summed E-state index contributed by atoms with van der Waals surface area (Å²) in [4.78, 5) is 10.4. The van der Waals surface area contributed by atoms with E-state index in [0.29, 0.717) is 11.4 Å². The molecule has 0 spiro atoms. The number of hydrogen-bond acceptors (Lipinski definition) is 2. The molecular weight excluding hydrogens is 917 g/mol. The second-order valence-corrected chi connectivity index (χ2v) is 19.6. The van der Waals surface area contributed by atoms with Crippen LogP contribution in [0.15, 0.2) is 277 Å². The Morgan fingerprint density at radius 2 is 0.865 bits per heavy atom. The minimum absolute atomic E-state index is 0.0990. The molecule has 0 saturated carbocycles. The van der Waals surface area contributed by atoms with Crippen molar-refractivity contribution in [3.05, 3.63) is 284 Å². The van der Waals surface area contributed by atoms with Gasteiger partial charge in [-0.1, -0.05) is 212 Å². The zero-order chi connectivity index (χ0) is 49.4. The lowest BCUT2D eigenvalue weighted by Crippen LogP contribution is -2.07. The van der Waals surface area contributed by atoms with Crippen molar-refractivity contribution in [1.29, 1.82) is 5.41 Å². The number of aromatic nitrogens is 1. The second-order valence-electron chi connectivity index (χ2n) is 18.5. The Bertz CT molecular complexity index is 4150. The molecule has 2 aromatic heterocycles. The largest absolute Gasteiger partial charge is 0.308 e. The van der Waals surface area contributed by atoms with Crippen molar-refractivity contribution in [1.82, 2.24) is 4.57 Å². The quantitative estimate of drug-likeness (QED) is 0.111. The van der Waals surface area contributed by atoms with Gasteiger partial charge in [-0.05, 0) is 105 Å². The van der Waals surface area contributed by atoms with Gasteiger partial charge in [0.1, 0.15) is 0 Å². The number of benzene rings is 11. The highest BCUT2D eigenvalue weighted by Crippen LogP contribution is 2.47. The summed E-state index contributed by atoms with van der Waals surface area (Å²) in [7, 11) is 0. The van der Waals surface area contributed by atoms with Crippen molar-refractivity contribution >= 4 is 71.2 Å². The molecule has 74 heavy (non-hydrogen) atoms. The molecule has 0 fully saturated rings. The van der Waals surface area contributed by atoms with Crippen LogP contribution in [0, 0.1) is 5.41 Å². The van der Waals surface area contributed by atoms with Crippen LogP contribution in [-0.4, -0.2) is 22.5 Å². The number of amidine groups is 2. The molecule has 0 aliphatic rings. The molecule has 5 heteroatoms. The van der Waals surface area contributed by atoms with Crippen LogP contribution >= 0.6 is 11.3 Å². The van der Waals surface area contributed by atoms with Gasteiger partial charge in [0.25, 0.3) is 0 Å². The summed E-state index contributed by atoms with van der Waals surface area (Å²) in [6.45, 7) is 0. The fourth-order valence-electron chi connectivity index (χ4n) is 10.4. The molecule has 11 aromatic carbocycles. The summed E-state index contributed by atoms with van der Waals surface area (Å²) in [5.41, 5.74) is 16.3. The Hall–Kier alpha value is -9.55. The first-order valence-electron chi connectivity index (χ1n) is 24.9. The zero-order valence-electron chi connectivity index (χ0n) is 40.2. The number of nitrogens with one attached hydrogen (secondary N) is 1. The second kappa shape index (κ2) is 19.2. The van der Waals surface area contributed by atoms with Crippen molar-refractivity contribution in [3.63, 3.8) is 0 Å². The number of nitrogens with zero attached hydrogens (tertiary/aromatic N) is 3. The first-order valence-corrected chi connectivity index (χ1v) is 25.7. The van der Waals surface area contributed by atoms with E-state index >= 15 is 0 Å². The molecule has 0 atom stereocenters. The minimum Gasteiger partial charge on any atom is -0.308 e. The smallest absolute Gasteiger partial charge is 0.161 e. The lowest BCUT2D eigenvalue weighted by molar-refractivity contribution is 1.18. The molecule has 348 valence electrons. The van der Waals surface area contributed by atoms with Crippen LogP contribution in [0.3, 0.4) is 0 Å². The van der Waals surface area contributed by atoms with Crippen LogP contribution < -0.4 is 0 Å². The number of rotatable bonds is 9. The maximum absolute atomic E-state index is 10.1. The molecule has 2 heterocycles. The van der Waals surface area contributed by atoms with E-state index in [0.717, 1.165) is 83.5 Å². The maximum atomic E-state index is 10.1. The Balaban J connectivity index is 1.02. The normalized spacial score (nSPS) is 11.9. The molecular formula is C69H46N4S. The predicted molar refractivity (Wildman–Crippen MR) is 315 cm³/mol. The number of hydrogen-bond donors (Lipinski definition) is 1. The van der Waals surface area contributed by atoms with Crippen molar-refractivity contribution in [2.45, 2.75) is 0 Å². The highest BCUT2D eigenvalue weighted by Gasteiger charge is 2.24. The molecule has 0 amide bonds. The van der Waals surface area contributed by atoms with E-state index in [4.69, 9.17) is 9.98 Å². The van der Waals surface area contributed by atoms with E-state index in [-0.39, 0.29) is 5.84 Å². The van der Waals surface area contributed by atoms with Gasteiger partial charge in [-0.3, -0.25) is 5.41 Å². The fraction of sp³-hybridized carbons (Fsp3) is 0. The summed E-state index contributed by atoms with van der Waals surface area (Å²) in [5, 5.41) is 15.0. The zero-order valence-corrected chi connectivity index (χ0v) is 41.0. The van der Waals surface area contributed by atoms with Gasteiger partial charge in [0.2, 0.25) is 0 Å². The van der Waals surface area contributed by atoms with Gasteiger partial charge in [0.05, 0.1) is 16.7 Å². The standard InChI is InChI=1S/C69H46N4S/c70-68(72-69(53-36-34-50(35-37-53)47-20-6-1-7-21-47)71-45-46-40-54(48-22-8-2-9-23-48)42-55(41-46)49-24-10-3-11-25-49)56-43-59(51-26-12-4-13-27-51)67(60(44-56)52-28-14-5-15-29-52)73-61-32-18-16-30-57(61)65-62(73)38-39-64-66(65)58-31-17-19-33-63(58)74-64/h1-45,70H. The van der Waals surface area contributed by atoms with E-state index in [2.05, 4.69) is 253 Å². The molecule has 0 saturated heterocycles. The average molecular weight is 963 g/mol. The predicted octanol–water partition coefficient (Wildman–Crippen LogP) is 18.4. The molecule has 0 aliphatic heterocycles. The fourth-order valence-corrected chi connectivity index (χ4v) is 11.6. The molecule has 13 aromatic rings. The Morgan fingerprint density at radius 3 is 1.45 bits per heavy atom. The van der Waals surface area contributed by atoms with Crippen molar-refractivity contribution in [2.24, 2.45) is 9.98 Å². The molecule has 1 N–H and O–H groups in total. The van der Waals surface area contributed by atoms with Gasteiger partial charge < -0.3 is 4.57 Å². The van der Waals surface area contributed by atoms with Crippen LogP contribution in [0.1, 0.15) is 16.7 Å². The SMILES string of the molecule is N=C(N=C(N=Cc1cc(-c2ccccc2)cc(-c2ccccc2)c1)c1ccc(-c2ccccc2)cc1)c1cc(-c2ccccc2)c(-n2c3ccccc3c3c4c(ccc32)sc2ccccc24)c(-c2ccccc2)c1. The van der Waals surface area contributed by atoms with Gasteiger partial charge in [0, 0.05) is 59.4 Å². The highest BCUT2D eigenvalue weighted by molar-refractivity contribution is 7.26. The third-order valence-corrected chi connectivity index (χ3v) is 15.1. The van der Waals surface area contributed by atoms with Gasteiger partial charge in [-0.2, -0.15) is 0 Å². The maximum Gasteiger partial charge on any atom is 0.161 e. The van der Waals surface area contributed by atoms with Crippen LogP contribution in [0.25, 0.3) is 103 Å². The third-order valence-electron chi connectivity index (χ3n) is 13.9. The number of aliphatic imine (C=N–C) groups is 2. The summed E-state index contributed by atoms with van der Waals surface area (Å²) in [6, 6.07) is 93.8. The van der Waals surface area contributed by atoms with Crippen LogP contribution in [0.2, 0.25) is 0 Å². The Labute approximate surface area is 433 Å². The summed E-state index contributed by atoms with van der Waals surface area (Å²) in [6.07, 6.45) is 1.89. The lowest BCUT2D eigenvalue weighted by Gasteiger charge is -2.21. The topological polar surface area (TPSA) is 53.5 Å². The van der Waals surface area contributed by atoms with E-state index in [1.807, 2.05) is 35.8 Å². The summed E-state index contributed by atoms with van der Waals surface area (Å²) in [5.74, 6) is 0.531. The van der Waals surface area contributed by atoms with E-state index in [9.17, 15) is 5.41 Å². The lowest BCUT2D eigenvalue weighted by atomic mass is 9.92. The van der Waals surface area contributed by atoms with Gasteiger partial charge in [-0.15, -0.1) is 11.3 Å². The molecule has 0 unspecified atom stereocenters. The first kappa shape index (κ1) is 44.4. The van der Waals surface area contributed by atoms with Gasteiger partial charge in [0.15, 0.2) is 11.7 Å². The Kier molecular flexibility index (Phi) is 11.5. The van der Waals surface area contributed by atoms with Crippen LogP contribution in [-0.2, 0) is 0 Å². The molecule has 4 nitrogen and oxygen atoms in total. The average Bonchev–Trinajstić information content (AvgIpc) is 4.03. The number of thiophene rings is 1. The molecule has 13 rings (SSSR count). The van der Waals surface area contributed by atoms with Crippen molar-refractivity contribution < 1.29 is 0 Å². The summed E-state index contributed by atoms with van der Waals surface area (Å²) >= 11 is 1.84. The third kappa shape index (κ3) is 8.31. The number of para-hydroxylation sites is 1. The Morgan fingerprint density at radius 1 is 0.378 bits per heavy atom. The molecule has 0 bridgehead atoms. The monoisotopic (exact) mass is 962 g/mol. The van der Waals surface area contributed by atoms with Crippen molar-refractivity contribution in [2.75, 3.05) is 0 Å². The number of fused-ring (bicyclic) bond motifs is 7. The van der Waals surface area contributed by atoms with Gasteiger partial charge in [-0.25, -0.2) is 9.98 Å². The first-order chi connectivity index (χ1) is 36.6. The van der Waals surface area contributed by atoms with Crippen LogP contribution in [0.4, 0.5) is 0 Å². The molecule has 0 radical (unpaired) electrons.